The molecule has 4 nitrogen and oxygen atoms in total. The third-order valence-corrected chi connectivity index (χ3v) is 3.44. The van der Waals surface area contributed by atoms with Gasteiger partial charge in [-0.2, -0.15) is 0 Å². The molecule has 2 rings (SSSR count). The Morgan fingerprint density at radius 2 is 2.06 bits per heavy atom. The first kappa shape index (κ1) is 12.7. The van der Waals surface area contributed by atoms with Crippen molar-refractivity contribution in [2.45, 2.75) is 17.6 Å². The van der Waals surface area contributed by atoms with Crippen LogP contribution in [0.5, 0.6) is 5.75 Å². The Morgan fingerprint density at radius 1 is 1.28 bits per heavy atom. The fourth-order valence-corrected chi connectivity index (χ4v) is 2.35. The van der Waals surface area contributed by atoms with E-state index in [4.69, 9.17) is 0 Å². The maximum atomic E-state index is 9.67. The van der Waals surface area contributed by atoms with Crippen LogP contribution in [0.15, 0.2) is 35.2 Å². The van der Waals surface area contributed by atoms with Gasteiger partial charge in [0.1, 0.15) is 17.4 Å². The molecule has 1 heterocycles. The molecule has 0 bridgehead atoms. The molecule has 0 amide bonds. The fraction of sp³-hybridized carbons (Fsp3) is 0.231. The van der Waals surface area contributed by atoms with Crippen LogP contribution >= 0.6 is 11.8 Å². The maximum absolute atomic E-state index is 9.67. The molecule has 1 aromatic heterocycles. The summed E-state index contributed by atoms with van der Waals surface area (Å²) in [5, 5.41) is 12.7. The van der Waals surface area contributed by atoms with Gasteiger partial charge in [0.15, 0.2) is 0 Å². The molecular formula is C13H15N3OS. The van der Waals surface area contributed by atoms with Gasteiger partial charge in [0.05, 0.1) is 5.75 Å². The molecule has 0 fully saturated rings. The van der Waals surface area contributed by atoms with E-state index in [-0.39, 0.29) is 0 Å². The lowest BCUT2D eigenvalue weighted by Crippen LogP contribution is -2.00. The molecule has 0 saturated carbocycles. The van der Waals surface area contributed by atoms with E-state index in [0.29, 0.717) is 11.5 Å². The molecule has 94 valence electrons. The fourth-order valence-electron chi connectivity index (χ4n) is 1.54. The number of anilines is 1. The highest BCUT2D eigenvalue weighted by molar-refractivity contribution is 7.98. The van der Waals surface area contributed by atoms with E-state index in [9.17, 15) is 5.11 Å². The maximum Gasteiger partial charge on any atom is 0.141 e. The molecule has 0 atom stereocenters. The molecule has 5 heteroatoms. The van der Waals surface area contributed by atoms with Gasteiger partial charge in [-0.15, -0.1) is 11.8 Å². The van der Waals surface area contributed by atoms with Gasteiger partial charge in [-0.3, -0.25) is 0 Å². The number of para-hydroxylation sites is 1. The molecule has 1 aromatic carbocycles. The Hall–Kier alpha value is -1.75. The molecule has 0 aliphatic carbocycles. The smallest absolute Gasteiger partial charge is 0.141 e. The topological polar surface area (TPSA) is 58.0 Å². The minimum absolute atomic E-state index is 0.295. The van der Waals surface area contributed by atoms with Crippen molar-refractivity contribution in [1.29, 1.82) is 0 Å². The molecular weight excluding hydrogens is 246 g/mol. The number of hydrogen-bond acceptors (Lipinski definition) is 5. The highest BCUT2D eigenvalue weighted by Crippen LogP contribution is 2.29. The van der Waals surface area contributed by atoms with Gasteiger partial charge in [-0.25, -0.2) is 9.97 Å². The minimum Gasteiger partial charge on any atom is -0.507 e. The molecule has 2 aromatic rings. The highest BCUT2D eigenvalue weighted by Gasteiger charge is 2.05. The van der Waals surface area contributed by atoms with Crippen molar-refractivity contribution in [3.8, 4) is 5.75 Å². The first-order chi connectivity index (χ1) is 8.69. The van der Waals surface area contributed by atoms with Crippen LogP contribution in [0.4, 0.5) is 5.82 Å². The van der Waals surface area contributed by atoms with E-state index < -0.39 is 0 Å². The lowest BCUT2D eigenvalue weighted by Gasteiger charge is -2.06. The highest BCUT2D eigenvalue weighted by atomic mass is 32.2. The van der Waals surface area contributed by atoms with Gasteiger partial charge in [-0.05, 0) is 19.1 Å². The molecule has 0 spiro atoms. The second kappa shape index (κ2) is 5.73. The number of rotatable bonds is 4. The van der Waals surface area contributed by atoms with Crippen molar-refractivity contribution >= 4 is 17.6 Å². The number of phenolic OH excluding ortho intramolecular Hbond substituents is 1. The Kier molecular flexibility index (Phi) is 4.04. The zero-order valence-electron chi connectivity index (χ0n) is 10.3. The van der Waals surface area contributed by atoms with Crippen LogP contribution in [-0.2, 0) is 5.75 Å². The number of aromatic nitrogens is 2. The molecule has 0 unspecified atom stereocenters. The van der Waals surface area contributed by atoms with E-state index >= 15 is 0 Å². The summed E-state index contributed by atoms with van der Waals surface area (Å²) in [7, 11) is 1.84. The van der Waals surface area contributed by atoms with Gasteiger partial charge < -0.3 is 10.4 Å². The number of thioether (sulfide) groups is 1. The number of nitrogens with zero attached hydrogens (tertiary/aromatic N) is 2. The van der Waals surface area contributed by atoms with Crippen molar-refractivity contribution < 1.29 is 5.11 Å². The molecule has 2 N–H and O–H groups in total. The van der Waals surface area contributed by atoms with E-state index in [1.807, 2.05) is 38.2 Å². The van der Waals surface area contributed by atoms with Crippen LogP contribution in [-0.4, -0.2) is 22.1 Å². The Morgan fingerprint density at radius 3 is 2.78 bits per heavy atom. The molecule has 0 saturated heterocycles. The third-order valence-electron chi connectivity index (χ3n) is 2.38. The van der Waals surface area contributed by atoms with Crippen molar-refractivity contribution in [1.82, 2.24) is 9.97 Å². The zero-order valence-corrected chi connectivity index (χ0v) is 11.2. The molecule has 18 heavy (non-hydrogen) atoms. The van der Waals surface area contributed by atoms with Crippen molar-refractivity contribution in [2.24, 2.45) is 0 Å². The third kappa shape index (κ3) is 3.13. The molecule has 0 aliphatic rings. The molecule has 0 aliphatic heterocycles. The van der Waals surface area contributed by atoms with Gasteiger partial charge >= 0.3 is 0 Å². The summed E-state index contributed by atoms with van der Waals surface area (Å²) in [5.74, 6) is 2.50. The van der Waals surface area contributed by atoms with Crippen molar-refractivity contribution in [3.63, 3.8) is 0 Å². The summed E-state index contributed by atoms with van der Waals surface area (Å²) in [4.78, 5) is 9.59. The second-order valence-corrected chi connectivity index (χ2v) is 4.83. The number of hydrogen-bond donors (Lipinski definition) is 2. The number of aromatic hydroxyl groups is 1. The first-order valence-corrected chi connectivity index (χ1v) is 6.60. The zero-order chi connectivity index (χ0) is 13.0. The van der Waals surface area contributed by atoms with Crippen LogP contribution < -0.4 is 5.32 Å². The number of aryl methyl sites for hydroxylation is 1. The van der Waals surface area contributed by atoms with Crippen LogP contribution in [0.2, 0.25) is 0 Å². The number of benzene rings is 1. The summed E-state index contributed by atoms with van der Waals surface area (Å²) >= 11 is 1.53. The Bertz CT molecular complexity index is 546. The van der Waals surface area contributed by atoms with Crippen LogP contribution in [0.25, 0.3) is 0 Å². The summed E-state index contributed by atoms with van der Waals surface area (Å²) < 4.78 is 0. The van der Waals surface area contributed by atoms with Crippen molar-refractivity contribution in [2.75, 3.05) is 12.4 Å². The summed E-state index contributed by atoms with van der Waals surface area (Å²) in [6, 6.07) is 9.17. The quantitative estimate of drug-likeness (QED) is 0.829. The van der Waals surface area contributed by atoms with E-state index in [2.05, 4.69) is 15.3 Å². The minimum atomic E-state index is 0.295. The van der Waals surface area contributed by atoms with Crippen molar-refractivity contribution in [3.05, 3.63) is 41.9 Å². The lowest BCUT2D eigenvalue weighted by atomic mass is 10.3. The summed E-state index contributed by atoms with van der Waals surface area (Å²) in [5.41, 5.74) is 0.933. The predicted molar refractivity (Wildman–Crippen MR) is 74.0 cm³/mol. The van der Waals surface area contributed by atoms with E-state index in [1.165, 1.54) is 11.8 Å². The predicted octanol–water partition coefficient (Wildman–Crippen LogP) is 2.82. The van der Waals surface area contributed by atoms with Crippen LogP contribution in [0.3, 0.4) is 0 Å². The SMILES string of the molecule is CNc1cc(C)nc(CSc2ccccc2O)n1. The number of phenols is 1. The average Bonchev–Trinajstić information content (AvgIpc) is 2.37. The summed E-state index contributed by atoms with van der Waals surface area (Å²) in [6.07, 6.45) is 0. The summed E-state index contributed by atoms with van der Waals surface area (Å²) in [6.45, 7) is 1.94. The normalized spacial score (nSPS) is 10.3. The monoisotopic (exact) mass is 261 g/mol. The second-order valence-electron chi connectivity index (χ2n) is 3.82. The van der Waals surface area contributed by atoms with Gasteiger partial charge in [0.25, 0.3) is 0 Å². The number of nitrogens with one attached hydrogen (secondary N) is 1. The lowest BCUT2D eigenvalue weighted by molar-refractivity contribution is 0.462. The standard InChI is InChI=1S/C13H15N3OS/c1-9-7-12(14-2)16-13(15-9)8-18-11-6-4-3-5-10(11)17/h3-7,17H,8H2,1-2H3,(H,14,15,16). The first-order valence-electron chi connectivity index (χ1n) is 5.62. The van der Waals surface area contributed by atoms with E-state index in [0.717, 1.165) is 22.2 Å². The Balaban J connectivity index is 2.11. The average molecular weight is 261 g/mol. The van der Waals surface area contributed by atoms with Crippen LogP contribution in [0.1, 0.15) is 11.5 Å². The van der Waals surface area contributed by atoms with Crippen LogP contribution in [0, 0.1) is 6.92 Å². The van der Waals surface area contributed by atoms with E-state index in [1.54, 1.807) is 6.07 Å². The molecule has 0 radical (unpaired) electrons. The Labute approximate surface area is 110 Å². The van der Waals surface area contributed by atoms with Gasteiger partial charge in [0.2, 0.25) is 0 Å². The largest absolute Gasteiger partial charge is 0.507 e. The van der Waals surface area contributed by atoms with Gasteiger partial charge in [-0.1, -0.05) is 12.1 Å². The van der Waals surface area contributed by atoms with Gasteiger partial charge in [0, 0.05) is 23.7 Å².